The second-order valence-corrected chi connectivity index (χ2v) is 6.22. The van der Waals surface area contributed by atoms with E-state index in [4.69, 9.17) is 5.26 Å². The van der Waals surface area contributed by atoms with Gasteiger partial charge in [0.2, 0.25) is 15.9 Å². The van der Waals surface area contributed by atoms with Crippen LogP contribution in [0.25, 0.3) is 0 Å². The van der Waals surface area contributed by atoms with E-state index in [1.807, 2.05) is 6.07 Å². The van der Waals surface area contributed by atoms with Crippen molar-refractivity contribution >= 4 is 15.9 Å². The molecule has 0 radical (unpaired) electrons. The number of hydrogen-bond acceptors (Lipinski definition) is 4. The lowest BCUT2D eigenvalue weighted by Gasteiger charge is -2.26. The Bertz CT molecular complexity index is 661. The molecule has 1 amide bonds. The Hall–Kier alpha value is -1.91. The van der Waals surface area contributed by atoms with Gasteiger partial charge in [-0.3, -0.25) is 4.79 Å². The van der Waals surface area contributed by atoms with Gasteiger partial charge in [0, 0.05) is 13.1 Å². The summed E-state index contributed by atoms with van der Waals surface area (Å²) in [5.41, 5.74) is 1.04. The van der Waals surface area contributed by atoms with Crippen LogP contribution in [0.4, 0.5) is 0 Å². The highest BCUT2D eigenvalue weighted by Crippen LogP contribution is 2.19. The van der Waals surface area contributed by atoms with E-state index in [9.17, 15) is 13.2 Å². The van der Waals surface area contributed by atoms with E-state index in [2.05, 4.69) is 5.32 Å². The second-order valence-electron chi connectivity index (χ2n) is 4.28. The summed E-state index contributed by atoms with van der Waals surface area (Å²) in [4.78, 5) is 11.4. The summed E-state index contributed by atoms with van der Waals surface area (Å²) in [7, 11) is -3.68. The number of rotatable bonds is 2. The molecule has 1 N–H and O–H groups in total. The first-order valence-electron chi connectivity index (χ1n) is 5.73. The van der Waals surface area contributed by atoms with Crippen molar-refractivity contribution in [3.05, 3.63) is 29.3 Å². The average Bonchev–Trinajstić information content (AvgIpc) is 2.38. The van der Waals surface area contributed by atoms with Gasteiger partial charge >= 0.3 is 0 Å². The zero-order valence-electron chi connectivity index (χ0n) is 10.4. The highest BCUT2D eigenvalue weighted by atomic mass is 32.2. The van der Waals surface area contributed by atoms with Crippen LogP contribution in [0.15, 0.2) is 23.1 Å². The lowest BCUT2D eigenvalue weighted by molar-refractivity contribution is -0.122. The minimum Gasteiger partial charge on any atom is -0.354 e. The summed E-state index contributed by atoms with van der Waals surface area (Å²) in [5, 5.41) is 11.4. The summed E-state index contributed by atoms with van der Waals surface area (Å²) >= 11 is 0. The maximum absolute atomic E-state index is 12.3. The van der Waals surface area contributed by atoms with Crippen LogP contribution in [0.3, 0.4) is 0 Å². The minimum absolute atomic E-state index is 0.110. The third-order valence-electron chi connectivity index (χ3n) is 2.96. The van der Waals surface area contributed by atoms with Gasteiger partial charge in [0.15, 0.2) is 0 Å². The fourth-order valence-corrected chi connectivity index (χ4v) is 3.37. The number of benzene rings is 1. The van der Waals surface area contributed by atoms with E-state index >= 15 is 0 Å². The van der Waals surface area contributed by atoms with Gasteiger partial charge in [-0.05, 0) is 30.7 Å². The van der Waals surface area contributed by atoms with E-state index in [1.54, 1.807) is 6.92 Å². The van der Waals surface area contributed by atoms with E-state index in [1.165, 1.54) is 18.2 Å². The molecule has 1 saturated heterocycles. The maximum Gasteiger partial charge on any atom is 0.243 e. The van der Waals surface area contributed by atoms with Crippen molar-refractivity contribution in [2.75, 3.05) is 19.6 Å². The van der Waals surface area contributed by atoms with Crippen molar-refractivity contribution in [2.45, 2.75) is 11.8 Å². The molecular weight excluding hydrogens is 266 g/mol. The molecule has 0 bridgehead atoms. The lowest BCUT2D eigenvalue weighted by atomic mass is 10.1. The van der Waals surface area contributed by atoms with Gasteiger partial charge in [0.05, 0.1) is 23.1 Å². The lowest BCUT2D eigenvalue weighted by Crippen LogP contribution is -2.49. The van der Waals surface area contributed by atoms with E-state index in [0.29, 0.717) is 17.7 Å². The topological polar surface area (TPSA) is 90.3 Å². The molecule has 100 valence electrons. The quantitative estimate of drug-likeness (QED) is 0.824. The fourth-order valence-electron chi connectivity index (χ4n) is 1.89. The third-order valence-corrected chi connectivity index (χ3v) is 4.80. The largest absolute Gasteiger partial charge is 0.354 e. The summed E-state index contributed by atoms with van der Waals surface area (Å²) < 4.78 is 25.8. The van der Waals surface area contributed by atoms with Gasteiger partial charge in [-0.2, -0.15) is 9.57 Å². The van der Waals surface area contributed by atoms with E-state index in [-0.39, 0.29) is 23.9 Å². The molecule has 1 aliphatic heterocycles. The van der Waals surface area contributed by atoms with Gasteiger partial charge in [0.25, 0.3) is 0 Å². The summed E-state index contributed by atoms with van der Waals surface area (Å²) in [6.07, 6.45) is 0. The van der Waals surface area contributed by atoms with E-state index < -0.39 is 10.0 Å². The number of carbonyl (C=O) groups excluding carboxylic acids is 1. The van der Waals surface area contributed by atoms with Crippen molar-refractivity contribution < 1.29 is 13.2 Å². The Balaban J connectivity index is 2.37. The van der Waals surface area contributed by atoms with Crippen molar-refractivity contribution in [1.82, 2.24) is 9.62 Å². The van der Waals surface area contributed by atoms with Crippen LogP contribution >= 0.6 is 0 Å². The molecule has 0 saturated carbocycles. The van der Waals surface area contributed by atoms with Gasteiger partial charge in [0.1, 0.15) is 0 Å². The van der Waals surface area contributed by atoms with Gasteiger partial charge < -0.3 is 5.32 Å². The number of carbonyl (C=O) groups is 1. The molecule has 0 spiro atoms. The van der Waals surface area contributed by atoms with Crippen LogP contribution in [0, 0.1) is 18.3 Å². The Morgan fingerprint density at radius 1 is 1.42 bits per heavy atom. The summed E-state index contributed by atoms with van der Waals surface area (Å²) in [5.74, 6) is -0.305. The van der Waals surface area contributed by atoms with Gasteiger partial charge in [-0.1, -0.05) is 0 Å². The molecule has 0 aromatic heterocycles. The van der Waals surface area contributed by atoms with E-state index in [0.717, 1.165) is 4.31 Å². The molecule has 1 fully saturated rings. The van der Waals surface area contributed by atoms with Crippen molar-refractivity contribution in [3.63, 3.8) is 0 Å². The second kappa shape index (κ2) is 4.99. The number of hydrogen-bond donors (Lipinski definition) is 1. The number of sulfonamides is 1. The predicted octanol–water partition coefficient (Wildman–Crippen LogP) is -0.0128. The Kier molecular flexibility index (Phi) is 3.55. The molecule has 7 heteroatoms. The number of piperazine rings is 1. The Labute approximate surface area is 111 Å². The molecule has 6 nitrogen and oxygen atoms in total. The first-order chi connectivity index (χ1) is 8.95. The molecule has 1 aliphatic rings. The molecule has 1 aromatic carbocycles. The molecular formula is C12H13N3O3S. The number of nitriles is 1. The number of nitrogens with one attached hydrogen (secondary N) is 1. The fraction of sp³-hybridized carbons (Fsp3) is 0.333. The van der Waals surface area contributed by atoms with Crippen molar-refractivity contribution in [3.8, 4) is 6.07 Å². The smallest absolute Gasteiger partial charge is 0.243 e. The number of amides is 1. The molecule has 0 unspecified atom stereocenters. The highest BCUT2D eigenvalue weighted by molar-refractivity contribution is 7.89. The van der Waals surface area contributed by atoms with Gasteiger partial charge in [-0.25, -0.2) is 8.42 Å². The monoisotopic (exact) mass is 279 g/mol. The normalized spacial score (nSPS) is 16.7. The van der Waals surface area contributed by atoms with Crippen LogP contribution in [0.1, 0.15) is 11.1 Å². The average molecular weight is 279 g/mol. The van der Waals surface area contributed by atoms with Crippen molar-refractivity contribution in [2.24, 2.45) is 0 Å². The Morgan fingerprint density at radius 2 is 2.16 bits per heavy atom. The molecule has 2 rings (SSSR count). The summed E-state index contributed by atoms with van der Waals surface area (Å²) in [6, 6.07) is 6.32. The zero-order valence-corrected chi connectivity index (χ0v) is 11.2. The molecule has 0 aliphatic carbocycles. The zero-order chi connectivity index (χ0) is 14.0. The molecule has 1 heterocycles. The molecule has 1 aromatic rings. The summed E-state index contributed by atoms with van der Waals surface area (Å²) in [6.45, 7) is 2.09. The number of aryl methyl sites for hydroxylation is 1. The minimum atomic E-state index is -3.68. The predicted molar refractivity (Wildman–Crippen MR) is 67.7 cm³/mol. The van der Waals surface area contributed by atoms with Crippen LogP contribution in [0.5, 0.6) is 0 Å². The standard InChI is InChI=1S/C12H13N3O3S/c1-9-6-11(3-2-10(9)7-13)19(17,18)15-5-4-14-12(16)8-15/h2-3,6H,4-5,8H2,1H3,(H,14,16). The molecule has 0 atom stereocenters. The number of nitrogens with zero attached hydrogens (tertiary/aromatic N) is 2. The van der Waals surface area contributed by atoms with Crippen LogP contribution < -0.4 is 5.32 Å². The Morgan fingerprint density at radius 3 is 2.74 bits per heavy atom. The third kappa shape index (κ3) is 2.59. The SMILES string of the molecule is Cc1cc(S(=O)(=O)N2CCNC(=O)C2)ccc1C#N. The first-order valence-corrected chi connectivity index (χ1v) is 7.17. The van der Waals surface area contributed by atoms with Crippen LogP contribution in [-0.2, 0) is 14.8 Å². The van der Waals surface area contributed by atoms with Crippen molar-refractivity contribution in [1.29, 1.82) is 5.26 Å². The highest BCUT2D eigenvalue weighted by Gasteiger charge is 2.29. The molecule has 19 heavy (non-hydrogen) atoms. The van der Waals surface area contributed by atoms with Crippen LogP contribution in [-0.4, -0.2) is 38.3 Å². The maximum atomic E-state index is 12.3. The van der Waals surface area contributed by atoms with Crippen LogP contribution in [0.2, 0.25) is 0 Å². The van der Waals surface area contributed by atoms with Gasteiger partial charge in [-0.15, -0.1) is 0 Å². The first kappa shape index (κ1) is 13.5.